The second-order valence-electron chi connectivity index (χ2n) is 2.20. The summed E-state index contributed by atoms with van der Waals surface area (Å²) in [5, 5.41) is -0.00986. The van der Waals surface area contributed by atoms with Crippen molar-refractivity contribution in [2.24, 2.45) is 0 Å². The molecule has 0 aliphatic heterocycles. The van der Waals surface area contributed by atoms with Crippen molar-refractivity contribution in [3.05, 3.63) is 28.5 Å². The lowest BCUT2D eigenvalue weighted by molar-refractivity contribution is 0.628. The topological polar surface area (TPSA) is 26.0 Å². The van der Waals surface area contributed by atoms with Crippen LogP contribution in [0, 0.1) is 17.7 Å². The Morgan fingerprint density at radius 2 is 2.17 bits per heavy atom. The van der Waals surface area contributed by atoms with Gasteiger partial charge in [0.2, 0.25) is 0 Å². The first-order valence-electron chi connectivity index (χ1n) is 3.33. The van der Waals surface area contributed by atoms with Gasteiger partial charge in [-0.2, -0.15) is 0 Å². The van der Waals surface area contributed by atoms with Crippen LogP contribution in [-0.2, 0) is 0 Å². The maximum atomic E-state index is 12.8. The zero-order valence-corrected chi connectivity index (χ0v) is 7.24. The van der Waals surface area contributed by atoms with Gasteiger partial charge in [-0.1, -0.05) is 17.5 Å². The van der Waals surface area contributed by atoms with E-state index < -0.39 is 5.82 Å². The maximum Gasteiger partial charge on any atom is 0.143 e. The molecule has 0 saturated heterocycles. The number of hydrogen-bond donors (Lipinski definition) is 1. The number of nitrogens with two attached hydrogens (primary N) is 1. The van der Waals surface area contributed by atoms with Crippen molar-refractivity contribution in [3.63, 3.8) is 0 Å². The van der Waals surface area contributed by atoms with Crippen molar-refractivity contribution in [2.45, 2.75) is 6.92 Å². The molecule has 2 N–H and O–H groups in total. The van der Waals surface area contributed by atoms with E-state index in [0.29, 0.717) is 11.3 Å². The van der Waals surface area contributed by atoms with E-state index in [4.69, 9.17) is 17.3 Å². The summed E-state index contributed by atoms with van der Waals surface area (Å²) in [6.07, 6.45) is 0. The van der Waals surface area contributed by atoms with Gasteiger partial charge in [-0.25, -0.2) is 4.39 Å². The van der Waals surface area contributed by atoms with Gasteiger partial charge < -0.3 is 5.73 Å². The minimum Gasteiger partial charge on any atom is -0.398 e. The number of rotatable bonds is 0. The first-order chi connectivity index (χ1) is 5.66. The number of nitrogen functional groups attached to an aromatic ring is 1. The number of anilines is 1. The van der Waals surface area contributed by atoms with Crippen LogP contribution in [-0.4, -0.2) is 0 Å². The van der Waals surface area contributed by atoms with Crippen molar-refractivity contribution < 1.29 is 4.39 Å². The smallest absolute Gasteiger partial charge is 0.143 e. The summed E-state index contributed by atoms with van der Waals surface area (Å²) in [6.45, 7) is 1.64. The zero-order chi connectivity index (χ0) is 9.14. The number of halogens is 2. The van der Waals surface area contributed by atoms with Crippen LogP contribution in [0.1, 0.15) is 12.5 Å². The Balaban J connectivity index is 3.39. The number of hydrogen-bond acceptors (Lipinski definition) is 1. The molecule has 0 aliphatic rings. The van der Waals surface area contributed by atoms with Gasteiger partial charge in [0.15, 0.2) is 0 Å². The van der Waals surface area contributed by atoms with Gasteiger partial charge in [-0.15, -0.1) is 5.92 Å². The third kappa shape index (κ3) is 1.51. The molecule has 0 heterocycles. The van der Waals surface area contributed by atoms with Gasteiger partial charge in [0.05, 0.1) is 10.6 Å². The van der Waals surface area contributed by atoms with Gasteiger partial charge >= 0.3 is 0 Å². The van der Waals surface area contributed by atoms with Crippen molar-refractivity contribution in [1.82, 2.24) is 0 Å². The van der Waals surface area contributed by atoms with Crippen molar-refractivity contribution in [2.75, 3.05) is 5.73 Å². The molecular weight excluding hydrogens is 177 g/mol. The van der Waals surface area contributed by atoms with Crippen LogP contribution >= 0.6 is 11.6 Å². The molecule has 62 valence electrons. The van der Waals surface area contributed by atoms with Gasteiger partial charge in [0.25, 0.3) is 0 Å². The fourth-order valence-electron chi connectivity index (χ4n) is 0.818. The first kappa shape index (κ1) is 8.89. The van der Waals surface area contributed by atoms with Gasteiger partial charge in [0, 0.05) is 5.69 Å². The Bertz CT molecular complexity index is 363. The molecule has 1 aromatic rings. The summed E-state index contributed by atoms with van der Waals surface area (Å²) in [5.74, 6) is 4.75. The fraction of sp³-hybridized carbons (Fsp3) is 0.111. The summed E-state index contributed by atoms with van der Waals surface area (Å²) in [6, 6.07) is 2.67. The largest absolute Gasteiger partial charge is 0.398 e. The summed E-state index contributed by atoms with van der Waals surface area (Å²) >= 11 is 5.62. The summed E-state index contributed by atoms with van der Waals surface area (Å²) in [4.78, 5) is 0. The quantitative estimate of drug-likeness (QED) is 0.485. The highest BCUT2D eigenvalue weighted by atomic mass is 35.5. The van der Waals surface area contributed by atoms with Gasteiger partial charge in [-0.05, 0) is 19.1 Å². The summed E-state index contributed by atoms with van der Waals surface area (Å²) in [5.41, 5.74) is 6.28. The molecule has 0 atom stereocenters. The van der Waals surface area contributed by atoms with E-state index in [1.807, 2.05) is 0 Å². The van der Waals surface area contributed by atoms with E-state index in [0.717, 1.165) is 0 Å². The Labute approximate surface area is 75.3 Å². The maximum absolute atomic E-state index is 12.8. The molecule has 0 amide bonds. The Kier molecular flexibility index (Phi) is 2.57. The Morgan fingerprint density at radius 3 is 2.75 bits per heavy atom. The standard InChI is InChI=1S/C9H7ClFN/c1-2-3-6-8(12)5-4-7(11)9(6)10/h4-5H,12H2,1H3. The molecule has 0 fully saturated rings. The SMILES string of the molecule is CC#Cc1c(N)ccc(F)c1Cl. The lowest BCUT2D eigenvalue weighted by Gasteiger charge is -2.00. The van der Waals surface area contributed by atoms with Crippen molar-refractivity contribution in [1.29, 1.82) is 0 Å². The zero-order valence-electron chi connectivity index (χ0n) is 6.49. The van der Waals surface area contributed by atoms with E-state index in [9.17, 15) is 4.39 Å². The molecular formula is C9H7ClFN. The van der Waals surface area contributed by atoms with Crippen LogP contribution in [0.4, 0.5) is 10.1 Å². The molecule has 3 heteroatoms. The van der Waals surface area contributed by atoms with Crippen molar-refractivity contribution in [3.8, 4) is 11.8 Å². The van der Waals surface area contributed by atoms with E-state index in [-0.39, 0.29) is 5.02 Å². The van der Waals surface area contributed by atoms with Crippen LogP contribution in [0.2, 0.25) is 5.02 Å². The lowest BCUT2D eigenvalue weighted by Crippen LogP contribution is -1.92. The molecule has 1 nitrogen and oxygen atoms in total. The molecule has 0 saturated carbocycles. The highest BCUT2D eigenvalue weighted by Gasteiger charge is 2.06. The lowest BCUT2D eigenvalue weighted by atomic mass is 10.2. The highest BCUT2D eigenvalue weighted by Crippen LogP contribution is 2.24. The van der Waals surface area contributed by atoms with E-state index in [1.165, 1.54) is 12.1 Å². The van der Waals surface area contributed by atoms with Crippen LogP contribution in [0.25, 0.3) is 0 Å². The second kappa shape index (κ2) is 3.46. The monoisotopic (exact) mass is 183 g/mol. The predicted octanol–water partition coefficient (Wildman–Crippen LogP) is 2.43. The van der Waals surface area contributed by atoms with Crippen LogP contribution < -0.4 is 5.73 Å². The normalized spacial score (nSPS) is 8.92. The highest BCUT2D eigenvalue weighted by molar-refractivity contribution is 6.32. The second-order valence-corrected chi connectivity index (χ2v) is 2.58. The average molecular weight is 184 g/mol. The molecule has 12 heavy (non-hydrogen) atoms. The molecule has 0 radical (unpaired) electrons. The van der Waals surface area contributed by atoms with Crippen LogP contribution in [0.5, 0.6) is 0 Å². The minimum atomic E-state index is -0.497. The molecule has 0 bridgehead atoms. The van der Waals surface area contributed by atoms with Crippen LogP contribution in [0.15, 0.2) is 12.1 Å². The molecule has 0 aliphatic carbocycles. The van der Waals surface area contributed by atoms with Crippen molar-refractivity contribution >= 4 is 17.3 Å². The number of benzene rings is 1. The molecule has 1 aromatic carbocycles. The van der Waals surface area contributed by atoms with E-state index in [2.05, 4.69) is 11.8 Å². The molecule has 0 aromatic heterocycles. The molecule has 0 spiro atoms. The molecule has 0 unspecified atom stereocenters. The van der Waals surface area contributed by atoms with Gasteiger partial charge in [-0.3, -0.25) is 0 Å². The minimum absolute atomic E-state index is 0.00986. The first-order valence-corrected chi connectivity index (χ1v) is 3.71. The fourth-order valence-corrected chi connectivity index (χ4v) is 1.04. The summed E-state index contributed by atoms with van der Waals surface area (Å²) in [7, 11) is 0. The van der Waals surface area contributed by atoms with Crippen LogP contribution in [0.3, 0.4) is 0 Å². The third-order valence-corrected chi connectivity index (χ3v) is 1.75. The third-order valence-electron chi connectivity index (χ3n) is 1.38. The summed E-state index contributed by atoms with van der Waals surface area (Å²) < 4.78 is 12.8. The van der Waals surface area contributed by atoms with E-state index >= 15 is 0 Å². The molecule has 1 rings (SSSR count). The Morgan fingerprint density at radius 1 is 1.50 bits per heavy atom. The Hall–Kier alpha value is -1.20. The van der Waals surface area contributed by atoms with E-state index in [1.54, 1.807) is 6.92 Å². The average Bonchev–Trinajstić information content (AvgIpc) is 2.06. The predicted molar refractivity (Wildman–Crippen MR) is 48.4 cm³/mol. The van der Waals surface area contributed by atoms with Gasteiger partial charge in [0.1, 0.15) is 5.82 Å².